The van der Waals surface area contributed by atoms with Crippen molar-refractivity contribution in [2.24, 2.45) is 11.3 Å². The van der Waals surface area contributed by atoms with Crippen molar-refractivity contribution in [3.63, 3.8) is 0 Å². The number of nitrogens with zero attached hydrogens (tertiary/aromatic N) is 1. The summed E-state index contributed by atoms with van der Waals surface area (Å²) >= 11 is 0. The Labute approximate surface area is 246 Å². The van der Waals surface area contributed by atoms with E-state index in [2.05, 4.69) is 22.4 Å². The second-order valence-corrected chi connectivity index (χ2v) is 12.6. The molecule has 1 fully saturated rings. The van der Waals surface area contributed by atoms with Gasteiger partial charge in [0.25, 0.3) is 0 Å². The summed E-state index contributed by atoms with van der Waals surface area (Å²) in [5.74, 6) is -0.797. The Hall–Kier alpha value is -4.39. The summed E-state index contributed by atoms with van der Waals surface area (Å²) in [4.78, 5) is 46.2. The predicted octanol–water partition coefficient (Wildman–Crippen LogP) is 5.99. The number of anilines is 2. The highest BCUT2D eigenvalue weighted by Crippen LogP contribution is 2.59. The van der Waals surface area contributed by atoms with Crippen molar-refractivity contribution in [3.05, 3.63) is 89.0 Å². The van der Waals surface area contributed by atoms with Crippen molar-refractivity contribution in [1.29, 1.82) is 0 Å². The van der Waals surface area contributed by atoms with E-state index in [1.807, 2.05) is 71.0 Å². The van der Waals surface area contributed by atoms with Crippen LogP contribution in [0.5, 0.6) is 11.5 Å². The van der Waals surface area contributed by atoms with E-state index in [4.69, 9.17) is 9.47 Å². The third-order valence-electron chi connectivity index (χ3n) is 9.09. The molecule has 0 radical (unpaired) electrons. The number of para-hydroxylation sites is 1. The molecule has 1 spiro atoms. The van der Waals surface area contributed by atoms with Crippen molar-refractivity contribution < 1.29 is 23.9 Å². The van der Waals surface area contributed by atoms with E-state index in [1.165, 1.54) is 14.2 Å². The number of carbonyl (C=O) groups excluding carboxylic acids is 3. The van der Waals surface area contributed by atoms with Gasteiger partial charge >= 0.3 is 0 Å². The molecule has 4 atom stereocenters. The number of fused-ring (bicyclic) bond motifs is 6. The van der Waals surface area contributed by atoms with Crippen LogP contribution in [0.25, 0.3) is 5.57 Å². The van der Waals surface area contributed by atoms with Crippen LogP contribution >= 0.6 is 0 Å². The molecule has 3 aliphatic heterocycles. The molecule has 0 aliphatic carbocycles. The van der Waals surface area contributed by atoms with Gasteiger partial charge in [-0.05, 0) is 61.4 Å². The van der Waals surface area contributed by atoms with E-state index in [9.17, 15) is 14.4 Å². The maximum atomic E-state index is 15.0. The maximum Gasteiger partial charge on any atom is 0.238 e. The van der Waals surface area contributed by atoms with E-state index in [0.29, 0.717) is 22.7 Å². The van der Waals surface area contributed by atoms with Gasteiger partial charge in [-0.15, -0.1) is 0 Å². The Kier molecular flexibility index (Phi) is 6.33. The van der Waals surface area contributed by atoms with E-state index >= 15 is 0 Å². The summed E-state index contributed by atoms with van der Waals surface area (Å²) in [6, 6.07) is 17.2. The number of carbonyl (C=O) groups is 3. The highest BCUT2D eigenvalue weighted by atomic mass is 16.5. The van der Waals surface area contributed by atoms with Gasteiger partial charge in [-0.1, -0.05) is 56.7 Å². The highest BCUT2D eigenvalue weighted by Gasteiger charge is 2.71. The van der Waals surface area contributed by atoms with Gasteiger partial charge in [-0.25, -0.2) is 0 Å². The molecule has 0 saturated carbocycles. The number of methoxy groups -OCH3 is 2. The van der Waals surface area contributed by atoms with Crippen molar-refractivity contribution in [2.75, 3.05) is 24.4 Å². The van der Waals surface area contributed by atoms with Crippen LogP contribution in [0.3, 0.4) is 0 Å². The van der Waals surface area contributed by atoms with Crippen LogP contribution in [-0.4, -0.2) is 43.8 Å². The van der Waals surface area contributed by atoms with Gasteiger partial charge in [0.2, 0.25) is 5.91 Å². The smallest absolute Gasteiger partial charge is 0.238 e. The fourth-order valence-corrected chi connectivity index (χ4v) is 7.16. The number of ketones is 2. The number of aryl methyl sites for hydroxylation is 1. The predicted molar refractivity (Wildman–Crippen MR) is 163 cm³/mol. The molecule has 42 heavy (non-hydrogen) atoms. The zero-order valence-corrected chi connectivity index (χ0v) is 25.1. The number of Topliss-reactive ketones (excluding diaryl/α,β-unsaturated/α-hetero) is 2. The lowest BCUT2D eigenvalue weighted by atomic mass is 9.63. The number of benzene rings is 3. The zero-order valence-electron chi connectivity index (χ0n) is 25.1. The quantitative estimate of drug-likeness (QED) is 0.383. The average molecular weight is 565 g/mol. The Morgan fingerprint density at radius 3 is 2.33 bits per heavy atom. The van der Waals surface area contributed by atoms with Gasteiger partial charge in [-0.2, -0.15) is 0 Å². The standard InChI is InChI=1S/C35H36N2O5/c1-19-12-14-25-22(16-19)20(2)17-28-35(23-10-8-9-11-24(23)36-33(35)40)29(30(37(25)28)32(39)34(3,4)5)31(38)21-13-15-26(41-6)27(18-21)42-7/h8-18,28-30H,1-7H3,(H,36,40). The fourth-order valence-electron chi connectivity index (χ4n) is 7.16. The number of hydrogen-bond donors (Lipinski definition) is 1. The molecule has 216 valence electrons. The molecule has 3 aromatic rings. The van der Waals surface area contributed by atoms with E-state index in [-0.39, 0.29) is 17.5 Å². The number of hydrogen-bond acceptors (Lipinski definition) is 6. The van der Waals surface area contributed by atoms with Crippen LogP contribution in [0.1, 0.15) is 54.7 Å². The molecule has 6 rings (SSSR count). The van der Waals surface area contributed by atoms with Crippen molar-refractivity contribution in [1.82, 2.24) is 0 Å². The molecule has 0 aromatic heterocycles. The zero-order chi connectivity index (χ0) is 30.1. The Bertz CT molecular complexity index is 1680. The third kappa shape index (κ3) is 3.75. The average Bonchev–Trinajstić information content (AvgIpc) is 3.43. The van der Waals surface area contributed by atoms with E-state index in [1.54, 1.807) is 18.2 Å². The lowest BCUT2D eigenvalue weighted by molar-refractivity contribution is -0.128. The second-order valence-electron chi connectivity index (χ2n) is 12.6. The Morgan fingerprint density at radius 1 is 0.929 bits per heavy atom. The van der Waals surface area contributed by atoms with Crippen LogP contribution in [0.15, 0.2) is 66.7 Å². The maximum absolute atomic E-state index is 15.0. The first-order valence-corrected chi connectivity index (χ1v) is 14.2. The number of nitrogens with one attached hydrogen (secondary N) is 1. The summed E-state index contributed by atoms with van der Waals surface area (Å²) < 4.78 is 11.0. The molecule has 1 N–H and O–H groups in total. The summed E-state index contributed by atoms with van der Waals surface area (Å²) in [6.45, 7) is 9.68. The molecule has 7 heteroatoms. The van der Waals surface area contributed by atoms with Gasteiger partial charge < -0.3 is 19.7 Å². The number of ether oxygens (including phenoxy) is 2. The van der Waals surface area contributed by atoms with Gasteiger partial charge in [0, 0.05) is 27.9 Å². The highest BCUT2D eigenvalue weighted by molar-refractivity contribution is 6.17. The van der Waals surface area contributed by atoms with Gasteiger partial charge in [0.05, 0.1) is 26.2 Å². The number of amides is 1. The summed E-state index contributed by atoms with van der Waals surface area (Å²) in [7, 11) is 3.05. The van der Waals surface area contributed by atoms with Crippen molar-refractivity contribution in [2.45, 2.75) is 52.1 Å². The molecule has 3 aliphatic rings. The molecular weight excluding hydrogens is 528 g/mol. The third-order valence-corrected chi connectivity index (χ3v) is 9.09. The molecule has 0 bridgehead atoms. The minimum absolute atomic E-state index is 0.0974. The first kappa shape index (κ1) is 27.8. The normalized spacial score (nSPS) is 24.0. The van der Waals surface area contributed by atoms with Crippen molar-refractivity contribution in [3.8, 4) is 11.5 Å². The minimum atomic E-state index is -1.35. The lowest BCUT2D eigenvalue weighted by Crippen LogP contribution is -2.51. The lowest BCUT2D eigenvalue weighted by Gasteiger charge is -2.40. The molecule has 4 unspecified atom stereocenters. The Morgan fingerprint density at radius 2 is 1.64 bits per heavy atom. The number of rotatable bonds is 5. The van der Waals surface area contributed by atoms with Crippen LogP contribution in [-0.2, 0) is 15.0 Å². The van der Waals surface area contributed by atoms with Crippen LogP contribution in [0.4, 0.5) is 11.4 Å². The number of allylic oxidation sites excluding steroid dienone is 1. The molecule has 1 amide bonds. The second kappa shape index (κ2) is 9.58. The first-order chi connectivity index (χ1) is 19.9. The van der Waals surface area contributed by atoms with Crippen LogP contribution in [0, 0.1) is 18.3 Å². The summed E-state index contributed by atoms with van der Waals surface area (Å²) in [6.07, 6.45) is 2.08. The summed E-state index contributed by atoms with van der Waals surface area (Å²) in [5, 5.41) is 3.08. The topological polar surface area (TPSA) is 84.9 Å². The Balaban J connectivity index is 1.69. The van der Waals surface area contributed by atoms with Crippen LogP contribution in [0.2, 0.25) is 0 Å². The molecular formula is C35H36N2O5. The van der Waals surface area contributed by atoms with E-state index < -0.39 is 28.8 Å². The molecule has 3 heterocycles. The van der Waals surface area contributed by atoms with Crippen molar-refractivity contribution >= 4 is 34.4 Å². The minimum Gasteiger partial charge on any atom is -0.493 e. The monoisotopic (exact) mass is 564 g/mol. The van der Waals surface area contributed by atoms with Gasteiger partial charge in [0.15, 0.2) is 23.1 Å². The van der Waals surface area contributed by atoms with Gasteiger partial charge in [0.1, 0.15) is 11.5 Å². The van der Waals surface area contributed by atoms with Crippen LogP contribution < -0.4 is 19.7 Å². The molecule has 3 aromatic carbocycles. The molecule has 7 nitrogen and oxygen atoms in total. The van der Waals surface area contributed by atoms with E-state index in [0.717, 1.165) is 28.0 Å². The van der Waals surface area contributed by atoms with Gasteiger partial charge in [-0.3, -0.25) is 14.4 Å². The first-order valence-electron chi connectivity index (χ1n) is 14.2. The molecule has 1 saturated heterocycles. The largest absolute Gasteiger partial charge is 0.493 e. The summed E-state index contributed by atoms with van der Waals surface area (Å²) in [5.41, 5.74) is 3.56. The SMILES string of the molecule is COc1ccc(C(=O)C2C(C(=O)C(C)(C)C)N3c4ccc(C)cc4C(C)=CC3C23C(=O)Nc2ccccc23)cc1OC. The fraction of sp³-hybridized carbons (Fsp3) is 0.343.